The number of anilines is 1. The molecule has 174 valence electrons. The Bertz CT molecular complexity index is 1460. The Kier molecular flexibility index (Phi) is 6.82. The summed E-state index contributed by atoms with van der Waals surface area (Å²) in [7, 11) is 0. The first-order valence-electron chi connectivity index (χ1n) is 10.8. The standard InChI is InChI=1S/C25H20N6O2S2/c32-22(28-24-26-13-14-34-24)16-35-25-30-29-21(31(25)18-9-2-1-3-10-18)15-27-23(33)20-12-6-8-17-7-4-5-11-19(17)20/h1-14H,15-16H2,(H,27,33)(H,26,28,32). The molecule has 0 aliphatic rings. The number of fused-ring (bicyclic) bond motifs is 1. The second kappa shape index (κ2) is 10.5. The smallest absolute Gasteiger partial charge is 0.252 e. The third-order valence-corrected chi connectivity index (χ3v) is 6.78. The molecule has 0 aliphatic carbocycles. The van der Waals surface area contributed by atoms with E-state index in [1.54, 1.807) is 11.6 Å². The lowest BCUT2D eigenvalue weighted by Crippen LogP contribution is -2.25. The van der Waals surface area contributed by atoms with Crippen molar-refractivity contribution in [2.75, 3.05) is 11.1 Å². The van der Waals surface area contributed by atoms with Gasteiger partial charge in [0.15, 0.2) is 16.1 Å². The Morgan fingerprint density at radius 1 is 0.943 bits per heavy atom. The first-order chi connectivity index (χ1) is 17.2. The van der Waals surface area contributed by atoms with Crippen LogP contribution in [0, 0.1) is 0 Å². The van der Waals surface area contributed by atoms with E-state index in [2.05, 4.69) is 25.8 Å². The summed E-state index contributed by atoms with van der Waals surface area (Å²) in [4.78, 5) is 29.4. The lowest BCUT2D eigenvalue weighted by atomic mass is 10.0. The number of hydrogen-bond acceptors (Lipinski definition) is 7. The number of thioether (sulfide) groups is 1. The summed E-state index contributed by atoms with van der Waals surface area (Å²) < 4.78 is 1.85. The molecular formula is C25H20N6O2S2. The molecule has 0 atom stereocenters. The van der Waals surface area contributed by atoms with E-state index in [1.165, 1.54) is 23.1 Å². The first-order valence-corrected chi connectivity index (χ1v) is 12.6. The minimum atomic E-state index is -0.193. The molecule has 2 aromatic heterocycles. The SMILES string of the molecule is O=C(CSc1nnc(CNC(=O)c2cccc3ccccc23)n1-c1ccccc1)Nc1nccs1. The van der Waals surface area contributed by atoms with E-state index >= 15 is 0 Å². The van der Waals surface area contributed by atoms with Crippen LogP contribution in [0.3, 0.4) is 0 Å². The van der Waals surface area contributed by atoms with E-state index in [0.717, 1.165) is 16.5 Å². The van der Waals surface area contributed by atoms with Gasteiger partial charge in [0.05, 0.1) is 12.3 Å². The topological polar surface area (TPSA) is 102 Å². The van der Waals surface area contributed by atoms with Gasteiger partial charge in [-0.25, -0.2) is 4.98 Å². The fraction of sp³-hybridized carbons (Fsp3) is 0.0800. The first kappa shape index (κ1) is 22.8. The van der Waals surface area contributed by atoms with Gasteiger partial charge in [-0.1, -0.05) is 66.4 Å². The Morgan fingerprint density at radius 3 is 2.57 bits per heavy atom. The van der Waals surface area contributed by atoms with E-state index in [1.807, 2.05) is 77.4 Å². The van der Waals surface area contributed by atoms with Gasteiger partial charge in [-0.05, 0) is 29.0 Å². The van der Waals surface area contributed by atoms with Gasteiger partial charge in [0, 0.05) is 22.8 Å². The quantitative estimate of drug-likeness (QED) is 0.303. The number of hydrogen-bond donors (Lipinski definition) is 2. The molecule has 5 aromatic rings. The van der Waals surface area contributed by atoms with Gasteiger partial charge in [-0.3, -0.25) is 14.2 Å². The highest BCUT2D eigenvalue weighted by Gasteiger charge is 2.18. The van der Waals surface area contributed by atoms with Gasteiger partial charge >= 0.3 is 0 Å². The van der Waals surface area contributed by atoms with Crippen LogP contribution in [0.25, 0.3) is 16.5 Å². The van der Waals surface area contributed by atoms with Crippen molar-refractivity contribution in [1.29, 1.82) is 0 Å². The van der Waals surface area contributed by atoms with Crippen LogP contribution in [-0.4, -0.2) is 37.3 Å². The zero-order valence-electron chi connectivity index (χ0n) is 18.4. The van der Waals surface area contributed by atoms with Crippen molar-refractivity contribution in [1.82, 2.24) is 25.1 Å². The third kappa shape index (κ3) is 5.23. The number of carbonyl (C=O) groups is 2. The van der Waals surface area contributed by atoms with Crippen LogP contribution in [-0.2, 0) is 11.3 Å². The highest BCUT2D eigenvalue weighted by molar-refractivity contribution is 7.99. The predicted molar refractivity (Wildman–Crippen MR) is 138 cm³/mol. The van der Waals surface area contributed by atoms with Crippen molar-refractivity contribution in [3.05, 3.63) is 95.8 Å². The lowest BCUT2D eigenvalue weighted by molar-refractivity contribution is -0.113. The summed E-state index contributed by atoms with van der Waals surface area (Å²) in [6.45, 7) is 0.176. The summed E-state index contributed by atoms with van der Waals surface area (Å²) in [6, 6.07) is 23.0. The molecule has 0 bridgehead atoms. The molecule has 5 rings (SSSR count). The molecule has 2 heterocycles. The van der Waals surface area contributed by atoms with Crippen molar-refractivity contribution in [2.24, 2.45) is 0 Å². The average Bonchev–Trinajstić information content (AvgIpc) is 3.56. The van der Waals surface area contributed by atoms with Gasteiger partial charge in [0.2, 0.25) is 5.91 Å². The minimum absolute atomic E-state index is 0.146. The Morgan fingerprint density at radius 2 is 1.74 bits per heavy atom. The molecule has 0 fully saturated rings. The number of para-hydroxylation sites is 1. The zero-order valence-corrected chi connectivity index (χ0v) is 20.1. The maximum atomic E-state index is 13.0. The Labute approximate surface area is 209 Å². The van der Waals surface area contributed by atoms with E-state index < -0.39 is 0 Å². The molecule has 3 aromatic carbocycles. The molecular weight excluding hydrogens is 480 g/mol. The lowest BCUT2D eigenvalue weighted by Gasteiger charge is -2.11. The zero-order chi connectivity index (χ0) is 24.0. The Hall–Kier alpha value is -4.02. The molecule has 0 unspecified atom stereocenters. The van der Waals surface area contributed by atoms with Crippen molar-refractivity contribution in [3.8, 4) is 5.69 Å². The van der Waals surface area contributed by atoms with Gasteiger partial charge in [-0.2, -0.15) is 0 Å². The monoisotopic (exact) mass is 500 g/mol. The summed E-state index contributed by atoms with van der Waals surface area (Å²) in [6.07, 6.45) is 1.64. The van der Waals surface area contributed by atoms with Crippen LogP contribution in [0.1, 0.15) is 16.2 Å². The summed E-state index contributed by atoms with van der Waals surface area (Å²) in [5.74, 6) is 0.333. The maximum absolute atomic E-state index is 13.0. The van der Waals surface area contributed by atoms with Gasteiger partial charge in [-0.15, -0.1) is 21.5 Å². The van der Waals surface area contributed by atoms with E-state index in [0.29, 0.717) is 21.7 Å². The largest absolute Gasteiger partial charge is 0.345 e. The van der Waals surface area contributed by atoms with Gasteiger partial charge in [0.1, 0.15) is 0 Å². The van der Waals surface area contributed by atoms with E-state index in [9.17, 15) is 9.59 Å². The number of nitrogens with one attached hydrogen (secondary N) is 2. The normalized spacial score (nSPS) is 10.9. The fourth-order valence-corrected chi connectivity index (χ4v) is 4.91. The molecule has 0 aliphatic heterocycles. The molecule has 2 amide bonds. The van der Waals surface area contributed by atoms with E-state index in [4.69, 9.17) is 0 Å². The van der Waals surface area contributed by atoms with Crippen LogP contribution in [0.4, 0.5) is 5.13 Å². The number of carbonyl (C=O) groups excluding carboxylic acids is 2. The summed E-state index contributed by atoms with van der Waals surface area (Å²) in [5.41, 5.74) is 1.44. The number of thiazole rings is 1. The Balaban J connectivity index is 1.34. The molecule has 0 radical (unpaired) electrons. The molecule has 0 saturated carbocycles. The molecule has 2 N–H and O–H groups in total. The number of amides is 2. The number of benzene rings is 3. The predicted octanol–water partition coefficient (Wildman–Crippen LogP) is 4.54. The molecule has 8 nitrogen and oxygen atoms in total. The molecule has 0 saturated heterocycles. The number of aromatic nitrogens is 4. The van der Waals surface area contributed by atoms with Crippen LogP contribution in [0.2, 0.25) is 0 Å². The molecule has 35 heavy (non-hydrogen) atoms. The second-order valence-corrected chi connectivity index (χ2v) is 9.29. The van der Waals surface area contributed by atoms with E-state index in [-0.39, 0.29) is 24.1 Å². The fourth-order valence-electron chi connectivity index (χ4n) is 3.59. The minimum Gasteiger partial charge on any atom is -0.345 e. The summed E-state index contributed by atoms with van der Waals surface area (Å²) >= 11 is 2.63. The summed E-state index contributed by atoms with van der Waals surface area (Å²) in [5, 5.41) is 19.1. The van der Waals surface area contributed by atoms with Gasteiger partial charge < -0.3 is 10.6 Å². The van der Waals surface area contributed by atoms with Crippen molar-refractivity contribution in [3.63, 3.8) is 0 Å². The average molecular weight is 501 g/mol. The molecule has 10 heteroatoms. The second-order valence-electron chi connectivity index (χ2n) is 7.45. The van der Waals surface area contributed by atoms with Crippen molar-refractivity contribution < 1.29 is 9.59 Å². The number of nitrogens with zero attached hydrogens (tertiary/aromatic N) is 4. The van der Waals surface area contributed by atoms with Crippen molar-refractivity contribution >= 4 is 50.8 Å². The van der Waals surface area contributed by atoms with Crippen LogP contribution in [0.15, 0.2) is 89.5 Å². The molecule has 0 spiro atoms. The van der Waals surface area contributed by atoms with Crippen LogP contribution >= 0.6 is 23.1 Å². The van der Waals surface area contributed by atoms with Crippen molar-refractivity contribution in [2.45, 2.75) is 11.7 Å². The third-order valence-electron chi connectivity index (χ3n) is 5.17. The van der Waals surface area contributed by atoms with Crippen LogP contribution < -0.4 is 10.6 Å². The van der Waals surface area contributed by atoms with Crippen LogP contribution in [0.5, 0.6) is 0 Å². The maximum Gasteiger partial charge on any atom is 0.252 e. The highest BCUT2D eigenvalue weighted by Crippen LogP contribution is 2.23. The highest BCUT2D eigenvalue weighted by atomic mass is 32.2. The number of rotatable bonds is 8. The van der Waals surface area contributed by atoms with Gasteiger partial charge in [0.25, 0.3) is 5.91 Å².